The number of aliphatic hydroxyl groups is 1. The first-order valence-electron chi connectivity index (χ1n) is 9.96. The summed E-state index contributed by atoms with van der Waals surface area (Å²) < 4.78 is 0. The fraction of sp³-hybridized carbons (Fsp3) is 0.524. The Morgan fingerprint density at radius 3 is 2.70 bits per heavy atom. The van der Waals surface area contributed by atoms with Crippen LogP contribution in [0.2, 0.25) is 0 Å². The van der Waals surface area contributed by atoms with Crippen LogP contribution in [-0.2, 0) is 6.54 Å². The number of aliphatic hydroxyl groups excluding tert-OH is 1. The molecule has 1 atom stereocenters. The lowest BCUT2D eigenvalue weighted by Crippen LogP contribution is -2.46. The van der Waals surface area contributed by atoms with Crippen molar-refractivity contribution in [3.8, 4) is 0 Å². The fourth-order valence-electron chi connectivity index (χ4n) is 4.01. The quantitative estimate of drug-likeness (QED) is 0.893. The minimum absolute atomic E-state index is 0.248. The number of β-amino-alcohol motifs (C(OH)–C–C–N with tert-alkyl or cyclic N) is 1. The number of aromatic nitrogens is 2. The standard InChI is InChI=1S/C21H29N5O/c1-17-4-2-5-18(14-17)15-24-10-12-25(13-11-24)21-22-8-7-20(23-21)26-9-3-6-19(27)16-26/h2,4-5,7-8,14,19,27H,3,6,9-13,15-16H2,1H3/t19-/m0/s1. The first-order valence-corrected chi connectivity index (χ1v) is 9.96. The Hall–Kier alpha value is -2.18. The van der Waals surface area contributed by atoms with Crippen LogP contribution < -0.4 is 9.80 Å². The molecular formula is C21H29N5O. The Bertz CT molecular complexity index is 760. The van der Waals surface area contributed by atoms with Gasteiger partial charge in [-0.2, -0.15) is 4.98 Å². The van der Waals surface area contributed by atoms with Crippen molar-refractivity contribution in [3.05, 3.63) is 47.7 Å². The fourth-order valence-corrected chi connectivity index (χ4v) is 4.01. The minimum Gasteiger partial charge on any atom is -0.391 e. The summed E-state index contributed by atoms with van der Waals surface area (Å²) in [6, 6.07) is 10.7. The molecule has 2 fully saturated rings. The van der Waals surface area contributed by atoms with Crippen molar-refractivity contribution in [2.24, 2.45) is 0 Å². The maximum Gasteiger partial charge on any atom is 0.227 e. The van der Waals surface area contributed by atoms with Gasteiger partial charge in [-0.3, -0.25) is 4.90 Å². The van der Waals surface area contributed by atoms with Gasteiger partial charge in [0.05, 0.1) is 6.10 Å². The van der Waals surface area contributed by atoms with Gasteiger partial charge in [-0.25, -0.2) is 4.98 Å². The molecule has 27 heavy (non-hydrogen) atoms. The van der Waals surface area contributed by atoms with Crippen LogP contribution in [0.15, 0.2) is 36.5 Å². The molecule has 1 N–H and O–H groups in total. The molecule has 0 amide bonds. The maximum absolute atomic E-state index is 9.93. The molecule has 2 aliphatic heterocycles. The van der Waals surface area contributed by atoms with Crippen LogP contribution in [0.1, 0.15) is 24.0 Å². The number of anilines is 2. The lowest BCUT2D eigenvalue weighted by atomic mass is 10.1. The summed E-state index contributed by atoms with van der Waals surface area (Å²) in [4.78, 5) is 16.2. The molecule has 0 aliphatic carbocycles. The van der Waals surface area contributed by atoms with Gasteiger partial charge in [-0.15, -0.1) is 0 Å². The van der Waals surface area contributed by atoms with Gasteiger partial charge in [0.1, 0.15) is 5.82 Å². The van der Waals surface area contributed by atoms with Crippen molar-refractivity contribution in [3.63, 3.8) is 0 Å². The topological polar surface area (TPSA) is 55.7 Å². The first-order chi connectivity index (χ1) is 13.2. The summed E-state index contributed by atoms with van der Waals surface area (Å²) in [6.45, 7) is 8.69. The molecule has 0 saturated carbocycles. The van der Waals surface area contributed by atoms with Gasteiger partial charge in [0.2, 0.25) is 5.95 Å². The summed E-state index contributed by atoms with van der Waals surface area (Å²) in [6.07, 6.45) is 3.50. The molecule has 4 rings (SSSR count). The molecule has 3 heterocycles. The van der Waals surface area contributed by atoms with E-state index >= 15 is 0 Å². The van der Waals surface area contributed by atoms with Crippen molar-refractivity contribution >= 4 is 11.8 Å². The summed E-state index contributed by atoms with van der Waals surface area (Å²) in [5.41, 5.74) is 2.70. The molecule has 2 aromatic rings. The van der Waals surface area contributed by atoms with Crippen LogP contribution in [-0.4, -0.2) is 65.3 Å². The SMILES string of the molecule is Cc1cccc(CN2CCN(c3nccc(N4CCC[C@H](O)C4)n3)CC2)c1. The molecule has 6 nitrogen and oxygen atoms in total. The van der Waals surface area contributed by atoms with Crippen LogP contribution in [0.3, 0.4) is 0 Å². The summed E-state index contributed by atoms with van der Waals surface area (Å²) in [7, 11) is 0. The highest BCUT2D eigenvalue weighted by Crippen LogP contribution is 2.21. The van der Waals surface area contributed by atoms with Gasteiger partial charge < -0.3 is 14.9 Å². The molecule has 2 aliphatic rings. The van der Waals surface area contributed by atoms with E-state index in [0.717, 1.165) is 63.9 Å². The summed E-state index contributed by atoms with van der Waals surface area (Å²) >= 11 is 0. The van der Waals surface area contributed by atoms with Gasteiger partial charge in [0.25, 0.3) is 0 Å². The van der Waals surface area contributed by atoms with Gasteiger partial charge in [-0.05, 0) is 31.4 Å². The Morgan fingerprint density at radius 1 is 1.07 bits per heavy atom. The van der Waals surface area contributed by atoms with Gasteiger partial charge in [0.15, 0.2) is 0 Å². The average molecular weight is 367 g/mol. The van der Waals surface area contributed by atoms with Crippen LogP contribution in [0.4, 0.5) is 11.8 Å². The number of hydrogen-bond donors (Lipinski definition) is 1. The molecule has 0 radical (unpaired) electrons. The van der Waals surface area contributed by atoms with E-state index in [1.807, 2.05) is 12.3 Å². The predicted molar refractivity (Wildman–Crippen MR) is 108 cm³/mol. The minimum atomic E-state index is -0.248. The molecule has 6 heteroatoms. The van der Waals surface area contributed by atoms with Crippen molar-refractivity contribution < 1.29 is 5.11 Å². The highest BCUT2D eigenvalue weighted by Gasteiger charge is 2.22. The van der Waals surface area contributed by atoms with E-state index in [1.54, 1.807) is 0 Å². The van der Waals surface area contributed by atoms with Crippen molar-refractivity contribution in [1.29, 1.82) is 0 Å². The van der Waals surface area contributed by atoms with Crippen LogP contribution in [0.25, 0.3) is 0 Å². The Morgan fingerprint density at radius 2 is 1.93 bits per heavy atom. The molecule has 144 valence electrons. The van der Waals surface area contributed by atoms with E-state index in [-0.39, 0.29) is 6.10 Å². The third-order valence-corrected chi connectivity index (χ3v) is 5.49. The molecular weight excluding hydrogens is 338 g/mol. The maximum atomic E-state index is 9.93. The van der Waals surface area contributed by atoms with Crippen molar-refractivity contribution in [2.45, 2.75) is 32.4 Å². The van der Waals surface area contributed by atoms with Crippen LogP contribution >= 0.6 is 0 Å². The largest absolute Gasteiger partial charge is 0.391 e. The van der Waals surface area contributed by atoms with Gasteiger partial charge in [0, 0.05) is 52.0 Å². The first kappa shape index (κ1) is 18.2. The normalized spacial score (nSPS) is 21.5. The van der Waals surface area contributed by atoms with E-state index in [9.17, 15) is 5.11 Å². The second-order valence-corrected chi connectivity index (χ2v) is 7.71. The lowest BCUT2D eigenvalue weighted by Gasteiger charge is -2.35. The Labute approximate surface area is 161 Å². The molecule has 1 aromatic heterocycles. The zero-order chi connectivity index (χ0) is 18.6. The predicted octanol–water partition coefficient (Wildman–Crippen LogP) is 2.07. The van der Waals surface area contributed by atoms with Crippen molar-refractivity contribution in [2.75, 3.05) is 49.1 Å². The van der Waals surface area contributed by atoms with E-state index in [4.69, 9.17) is 4.98 Å². The molecule has 1 aromatic carbocycles. The number of piperazine rings is 1. The number of hydrogen-bond acceptors (Lipinski definition) is 6. The number of rotatable bonds is 4. The third-order valence-electron chi connectivity index (χ3n) is 5.49. The smallest absolute Gasteiger partial charge is 0.227 e. The Kier molecular flexibility index (Phi) is 5.55. The second-order valence-electron chi connectivity index (χ2n) is 7.71. The second kappa shape index (κ2) is 8.23. The number of piperidine rings is 1. The highest BCUT2D eigenvalue weighted by atomic mass is 16.3. The highest BCUT2D eigenvalue weighted by molar-refractivity contribution is 5.44. The average Bonchev–Trinajstić information content (AvgIpc) is 2.69. The third kappa shape index (κ3) is 4.57. The zero-order valence-corrected chi connectivity index (χ0v) is 16.1. The van der Waals surface area contributed by atoms with E-state index < -0.39 is 0 Å². The van der Waals surface area contributed by atoms with Gasteiger partial charge >= 0.3 is 0 Å². The zero-order valence-electron chi connectivity index (χ0n) is 16.1. The number of benzene rings is 1. The molecule has 0 unspecified atom stereocenters. The summed E-state index contributed by atoms with van der Waals surface area (Å²) in [5.74, 6) is 1.74. The van der Waals surface area contributed by atoms with Crippen LogP contribution in [0, 0.1) is 6.92 Å². The van der Waals surface area contributed by atoms with E-state index in [0.29, 0.717) is 6.54 Å². The monoisotopic (exact) mass is 367 g/mol. The lowest BCUT2D eigenvalue weighted by molar-refractivity contribution is 0.154. The molecule has 0 spiro atoms. The van der Waals surface area contributed by atoms with Gasteiger partial charge in [-0.1, -0.05) is 29.8 Å². The molecule has 0 bridgehead atoms. The Balaban J connectivity index is 1.36. The van der Waals surface area contributed by atoms with E-state index in [1.165, 1.54) is 11.1 Å². The van der Waals surface area contributed by atoms with Crippen LogP contribution in [0.5, 0.6) is 0 Å². The molecule has 2 saturated heterocycles. The number of aryl methyl sites for hydroxylation is 1. The van der Waals surface area contributed by atoms with Crippen molar-refractivity contribution in [1.82, 2.24) is 14.9 Å². The number of nitrogens with zero attached hydrogens (tertiary/aromatic N) is 5. The van der Waals surface area contributed by atoms with E-state index in [2.05, 4.69) is 50.9 Å². The summed E-state index contributed by atoms with van der Waals surface area (Å²) in [5, 5.41) is 9.93.